The molecule has 0 spiro atoms. The fraction of sp³-hybridized carbons (Fsp3) is 0.280. The Labute approximate surface area is 205 Å². The van der Waals surface area contributed by atoms with Crippen LogP contribution in [0.5, 0.6) is 0 Å². The SMILES string of the molecule is Cc1cc(C)c(NC(=O)CSc2nc3c(c(=O)n(C)c(=O)n3C)n2Cc2ccc(F)cc2)c(C)c1. The number of thioether (sulfide) groups is 1. The molecule has 4 aromatic rings. The number of carbonyl (C=O) groups is 1. The molecule has 0 unspecified atom stereocenters. The number of amides is 1. The molecule has 8 nitrogen and oxygen atoms in total. The van der Waals surface area contributed by atoms with Crippen LogP contribution in [0.4, 0.5) is 10.1 Å². The van der Waals surface area contributed by atoms with Crippen molar-refractivity contribution in [2.24, 2.45) is 14.1 Å². The predicted octanol–water partition coefficient (Wildman–Crippen LogP) is 3.28. The number of fused-ring (bicyclic) bond motifs is 1. The number of imidazole rings is 1. The Morgan fingerprint density at radius 3 is 2.29 bits per heavy atom. The van der Waals surface area contributed by atoms with Crippen LogP contribution in [0.1, 0.15) is 22.3 Å². The second-order valence-electron chi connectivity index (χ2n) is 8.60. The van der Waals surface area contributed by atoms with Gasteiger partial charge in [-0.05, 0) is 49.6 Å². The lowest BCUT2D eigenvalue weighted by atomic mass is 10.1. The third-order valence-electron chi connectivity index (χ3n) is 5.84. The number of hydrogen-bond donors (Lipinski definition) is 1. The topological polar surface area (TPSA) is 90.9 Å². The van der Waals surface area contributed by atoms with Gasteiger partial charge in [-0.3, -0.25) is 18.7 Å². The molecular weight excluding hydrogens is 469 g/mol. The van der Waals surface area contributed by atoms with Crippen LogP contribution in [0.15, 0.2) is 51.1 Å². The minimum atomic E-state index is -0.492. The average Bonchev–Trinajstić information content (AvgIpc) is 3.17. The Hall–Kier alpha value is -3.66. The molecule has 2 heterocycles. The second-order valence-corrected chi connectivity index (χ2v) is 9.54. The quantitative estimate of drug-likeness (QED) is 0.415. The van der Waals surface area contributed by atoms with E-state index >= 15 is 0 Å². The molecule has 35 heavy (non-hydrogen) atoms. The Balaban J connectivity index is 1.70. The van der Waals surface area contributed by atoms with Crippen molar-refractivity contribution in [1.29, 1.82) is 0 Å². The zero-order valence-electron chi connectivity index (χ0n) is 20.2. The summed E-state index contributed by atoms with van der Waals surface area (Å²) >= 11 is 1.17. The Morgan fingerprint density at radius 1 is 1.03 bits per heavy atom. The minimum Gasteiger partial charge on any atom is -0.325 e. The van der Waals surface area contributed by atoms with Gasteiger partial charge in [-0.25, -0.2) is 14.2 Å². The third kappa shape index (κ3) is 4.79. The maximum atomic E-state index is 13.4. The maximum absolute atomic E-state index is 13.4. The van der Waals surface area contributed by atoms with E-state index in [9.17, 15) is 18.8 Å². The van der Waals surface area contributed by atoms with Crippen molar-refractivity contribution in [3.05, 3.63) is 85.3 Å². The number of aromatic nitrogens is 4. The van der Waals surface area contributed by atoms with Crippen LogP contribution >= 0.6 is 11.8 Å². The summed E-state index contributed by atoms with van der Waals surface area (Å²) in [5.74, 6) is -0.531. The summed E-state index contributed by atoms with van der Waals surface area (Å²) in [6.07, 6.45) is 0. The molecular formula is C25H26FN5O3S. The number of rotatable bonds is 6. The summed E-state index contributed by atoms with van der Waals surface area (Å²) in [5.41, 5.74) is 4.09. The van der Waals surface area contributed by atoms with E-state index in [2.05, 4.69) is 10.3 Å². The molecule has 0 fully saturated rings. The third-order valence-corrected chi connectivity index (χ3v) is 6.82. The highest BCUT2D eigenvalue weighted by Gasteiger charge is 2.21. The van der Waals surface area contributed by atoms with Crippen molar-refractivity contribution in [3.63, 3.8) is 0 Å². The van der Waals surface area contributed by atoms with E-state index in [-0.39, 0.29) is 35.2 Å². The van der Waals surface area contributed by atoms with Gasteiger partial charge >= 0.3 is 5.69 Å². The minimum absolute atomic E-state index is 0.0494. The van der Waals surface area contributed by atoms with Gasteiger partial charge in [0.2, 0.25) is 5.91 Å². The summed E-state index contributed by atoms with van der Waals surface area (Å²) in [4.78, 5) is 42.8. The normalized spacial score (nSPS) is 11.3. The first-order chi connectivity index (χ1) is 16.6. The van der Waals surface area contributed by atoms with Gasteiger partial charge in [-0.15, -0.1) is 0 Å². The van der Waals surface area contributed by atoms with Crippen LogP contribution in [0.25, 0.3) is 11.2 Å². The van der Waals surface area contributed by atoms with E-state index in [1.165, 1.54) is 35.5 Å². The van der Waals surface area contributed by atoms with Crippen LogP contribution in [0.3, 0.4) is 0 Å². The number of benzene rings is 2. The van der Waals surface area contributed by atoms with E-state index < -0.39 is 11.2 Å². The molecule has 0 radical (unpaired) electrons. The van der Waals surface area contributed by atoms with Gasteiger partial charge < -0.3 is 9.88 Å². The fourth-order valence-electron chi connectivity index (χ4n) is 4.14. The van der Waals surface area contributed by atoms with E-state index in [1.54, 1.807) is 23.7 Å². The monoisotopic (exact) mass is 495 g/mol. The van der Waals surface area contributed by atoms with Crippen LogP contribution in [-0.4, -0.2) is 30.3 Å². The molecule has 2 aromatic heterocycles. The van der Waals surface area contributed by atoms with Crippen molar-refractivity contribution in [3.8, 4) is 0 Å². The zero-order chi connectivity index (χ0) is 25.4. The highest BCUT2D eigenvalue weighted by atomic mass is 32.2. The molecule has 1 amide bonds. The van der Waals surface area contributed by atoms with Crippen LogP contribution in [-0.2, 0) is 25.4 Å². The molecule has 0 saturated carbocycles. The lowest BCUT2D eigenvalue weighted by Gasteiger charge is -2.13. The predicted molar refractivity (Wildman–Crippen MR) is 136 cm³/mol. The van der Waals surface area contributed by atoms with Crippen molar-refractivity contribution >= 4 is 34.5 Å². The lowest BCUT2D eigenvalue weighted by Crippen LogP contribution is -2.37. The molecule has 0 aliphatic carbocycles. The van der Waals surface area contributed by atoms with Crippen molar-refractivity contribution in [1.82, 2.24) is 18.7 Å². The van der Waals surface area contributed by atoms with E-state index in [1.807, 2.05) is 32.9 Å². The number of halogens is 1. The maximum Gasteiger partial charge on any atom is 0.332 e. The first kappa shape index (κ1) is 24.5. The smallest absolute Gasteiger partial charge is 0.325 e. The van der Waals surface area contributed by atoms with Gasteiger partial charge in [0, 0.05) is 19.8 Å². The van der Waals surface area contributed by atoms with Gasteiger partial charge in [0.05, 0.1) is 12.3 Å². The van der Waals surface area contributed by atoms with E-state index in [0.29, 0.717) is 5.16 Å². The Bertz CT molecular complexity index is 1540. The highest BCUT2D eigenvalue weighted by Crippen LogP contribution is 2.25. The van der Waals surface area contributed by atoms with Crippen LogP contribution in [0.2, 0.25) is 0 Å². The summed E-state index contributed by atoms with van der Waals surface area (Å²) < 4.78 is 17.4. The second kappa shape index (κ2) is 9.53. The van der Waals surface area contributed by atoms with E-state index in [0.717, 1.165) is 32.5 Å². The highest BCUT2D eigenvalue weighted by molar-refractivity contribution is 7.99. The van der Waals surface area contributed by atoms with Gasteiger partial charge in [0.1, 0.15) is 5.82 Å². The first-order valence-electron chi connectivity index (χ1n) is 11.0. The molecule has 0 aliphatic heterocycles. The number of nitrogens with one attached hydrogen (secondary N) is 1. The standard InChI is InChI=1S/C25H26FN5O3S/c1-14-10-15(2)20(16(3)11-14)27-19(32)13-35-24-28-22-21(23(33)30(5)25(34)29(22)4)31(24)12-17-6-8-18(26)9-7-17/h6-11H,12-13H2,1-5H3,(H,27,32). The molecule has 0 atom stereocenters. The van der Waals surface area contributed by atoms with Gasteiger partial charge in [-0.2, -0.15) is 0 Å². The van der Waals surface area contributed by atoms with Gasteiger partial charge in [-0.1, -0.05) is 41.6 Å². The van der Waals surface area contributed by atoms with Crippen molar-refractivity contribution < 1.29 is 9.18 Å². The molecule has 1 N–H and O–H groups in total. The van der Waals surface area contributed by atoms with Gasteiger partial charge in [0.15, 0.2) is 16.3 Å². The largest absolute Gasteiger partial charge is 0.332 e. The molecule has 0 bridgehead atoms. The molecule has 0 saturated heterocycles. The number of carbonyl (C=O) groups excluding carboxylic acids is 1. The first-order valence-corrected chi connectivity index (χ1v) is 12.0. The molecule has 2 aromatic carbocycles. The number of aryl methyl sites for hydroxylation is 4. The Morgan fingerprint density at radius 2 is 1.66 bits per heavy atom. The van der Waals surface area contributed by atoms with E-state index in [4.69, 9.17) is 0 Å². The van der Waals surface area contributed by atoms with Crippen LogP contribution < -0.4 is 16.6 Å². The number of anilines is 1. The Kier molecular flexibility index (Phi) is 6.66. The van der Waals surface area contributed by atoms with Crippen molar-refractivity contribution in [2.75, 3.05) is 11.1 Å². The molecule has 0 aliphatic rings. The van der Waals surface area contributed by atoms with Crippen LogP contribution in [0, 0.1) is 26.6 Å². The molecule has 4 rings (SSSR count). The summed E-state index contributed by atoms with van der Waals surface area (Å²) in [6.45, 7) is 6.12. The summed E-state index contributed by atoms with van der Waals surface area (Å²) in [7, 11) is 2.95. The molecule has 10 heteroatoms. The number of hydrogen-bond acceptors (Lipinski definition) is 5. The lowest BCUT2D eigenvalue weighted by molar-refractivity contribution is -0.113. The number of nitrogens with zero attached hydrogens (tertiary/aromatic N) is 4. The summed E-state index contributed by atoms with van der Waals surface area (Å²) in [6, 6.07) is 9.95. The fourth-order valence-corrected chi connectivity index (χ4v) is 4.93. The zero-order valence-corrected chi connectivity index (χ0v) is 21.0. The van der Waals surface area contributed by atoms with Crippen molar-refractivity contribution in [2.45, 2.75) is 32.5 Å². The molecule has 182 valence electrons. The average molecular weight is 496 g/mol. The van der Waals surface area contributed by atoms with Gasteiger partial charge in [0.25, 0.3) is 5.56 Å². The summed E-state index contributed by atoms with van der Waals surface area (Å²) in [5, 5.41) is 3.38.